The second kappa shape index (κ2) is 8.09. The van der Waals surface area contributed by atoms with Gasteiger partial charge >= 0.3 is 6.18 Å². The van der Waals surface area contributed by atoms with Crippen molar-refractivity contribution < 1.29 is 18.0 Å². The Bertz CT molecular complexity index is 896. The van der Waals surface area contributed by atoms with Gasteiger partial charge in [-0.05, 0) is 30.5 Å². The van der Waals surface area contributed by atoms with Gasteiger partial charge in [0, 0.05) is 24.5 Å². The molecule has 1 heterocycles. The molecule has 2 aromatic rings. The number of nitriles is 1. The number of carbonyl (C=O) groups excluding carboxylic acids is 1. The van der Waals surface area contributed by atoms with Crippen LogP contribution >= 0.6 is 0 Å². The van der Waals surface area contributed by atoms with Crippen molar-refractivity contribution in [1.29, 1.82) is 5.26 Å². The van der Waals surface area contributed by atoms with Crippen LogP contribution in [0.3, 0.4) is 0 Å². The van der Waals surface area contributed by atoms with E-state index in [1.54, 1.807) is 12.1 Å². The van der Waals surface area contributed by atoms with Crippen LogP contribution in [0.4, 0.5) is 13.2 Å². The van der Waals surface area contributed by atoms with Crippen LogP contribution in [-0.4, -0.2) is 15.8 Å². The SMILES string of the molecule is N#Cc1nccc(C2(CC(=O)Cc3cccc(C(F)(F)F)c3)CCCCC2)n1. The highest BCUT2D eigenvalue weighted by Gasteiger charge is 2.37. The molecular formula is C21H20F3N3O. The number of hydrogen-bond acceptors (Lipinski definition) is 4. The molecule has 0 radical (unpaired) electrons. The zero-order chi connectivity index (χ0) is 20.2. The minimum absolute atomic E-state index is 0.0537. The summed E-state index contributed by atoms with van der Waals surface area (Å²) >= 11 is 0. The van der Waals surface area contributed by atoms with Crippen LogP contribution in [-0.2, 0) is 22.8 Å². The first-order chi connectivity index (χ1) is 13.3. The lowest BCUT2D eigenvalue weighted by atomic mass is 9.68. The standard InChI is InChI=1S/C21H20F3N3O/c22-21(23,24)16-6-4-5-15(11-16)12-17(28)13-20(8-2-1-3-9-20)18-7-10-26-19(14-25)27-18/h4-7,10-11H,1-3,8-9,12-13H2. The number of ketones is 1. The Morgan fingerprint density at radius 2 is 1.93 bits per heavy atom. The van der Waals surface area contributed by atoms with E-state index in [0.29, 0.717) is 11.3 Å². The summed E-state index contributed by atoms with van der Waals surface area (Å²) in [5.74, 6) is -0.0638. The monoisotopic (exact) mass is 387 g/mol. The van der Waals surface area contributed by atoms with E-state index in [9.17, 15) is 18.0 Å². The molecule has 1 aromatic heterocycles. The molecule has 7 heteroatoms. The van der Waals surface area contributed by atoms with Crippen molar-refractivity contribution >= 4 is 5.78 Å². The summed E-state index contributed by atoms with van der Waals surface area (Å²) < 4.78 is 38.7. The maximum Gasteiger partial charge on any atom is 0.416 e. The molecule has 0 amide bonds. The Balaban J connectivity index is 1.82. The van der Waals surface area contributed by atoms with Crippen LogP contribution in [0.25, 0.3) is 0 Å². The van der Waals surface area contributed by atoms with Gasteiger partial charge in [0.2, 0.25) is 5.82 Å². The first-order valence-electron chi connectivity index (χ1n) is 9.24. The number of rotatable bonds is 5. The molecule has 0 aliphatic heterocycles. The molecular weight excluding hydrogens is 367 g/mol. The first kappa shape index (κ1) is 20.0. The van der Waals surface area contributed by atoms with E-state index in [1.165, 1.54) is 12.3 Å². The third-order valence-corrected chi connectivity index (χ3v) is 5.30. The highest BCUT2D eigenvalue weighted by molar-refractivity contribution is 5.82. The molecule has 4 nitrogen and oxygen atoms in total. The van der Waals surface area contributed by atoms with E-state index in [-0.39, 0.29) is 24.4 Å². The quantitative estimate of drug-likeness (QED) is 0.741. The average molecular weight is 387 g/mol. The molecule has 1 aliphatic carbocycles. The van der Waals surface area contributed by atoms with E-state index in [1.807, 2.05) is 6.07 Å². The number of halogens is 3. The van der Waals surface area contributed by atoms with Gasteiger partial charge in [0.1, 0.15) is 11.9 Å². The summed E-state index contributed by atoms with van der Waals surface area (Å²) in [6.07, 6.45) is 1.73. The van der Waals surface area contributed by atoms with Gasteiger partial charge in [-0.15, -0.1) is 0 Å². The predicted octanol–water partition coefficient (Wildman–Crippen LogP) is 4.77. The molecule has 3 rings (SSSR count). The van der Waals surface area contributed by atoms with E-state index < -0.39 is 17.2 Å². The van der Waals surface area contributed by atoms with Crippen molar-refractivity contribution in [1.82, 2.24) is 9.97 Å². The normalized spacial score (nSPS) is 16.4. The Hall–Kier alpha value is -2.75. The maximum atomic E-state index is 12.9. The van der Waals surface area contributed by atoms with Crippen LogP contribution in [0.2, 0.25) is 0 Å². The largest absolute Gasteiger partial charge is 0.416 e. The molecule has 1 fully saturated rings. The van der Waals surface area contributed by atoms with Crippen molar-refractivity contribution in [3.8, 4) is 6.07 Å². The van der Waals surface area contributed by atoms with Crippen LogP contribution < -0.4 is 0 Å². The van der Waals surface area contributed by atoms with Gasteiger partial charge in [-0.2, -0.15) is 18.4 Å². The lowest BCUT2D eigenvalue weighted by molar-refractivity contribution is -0.137. The van der Waals surface area contributed by atoms with Crippen LogP contribution in [0.15, 0.2) is 36.5 Å². The number of nitrogens with zero attached hydrogens (tertiary/aromatic N) is 3. The van der Waals surface area contributed by atoms with Crippen LogP contribution in [0, 0.1) is 11.3 Å². The summed E-state index contributed by atoms with van der Waals surface area (Å²) in [5.41, 5.74) is -0.201. The van der Waals surface area contributed by atoms with Crippen molar-refractivity contribution in [2.45, 2.75) is 56.5 Å². The minimum Gasteiger partial charge on any atom is -0.299 e. The molecule has 1 saturated carbocycles. The average Bonchev–Trinajstić information content (AvgIpc) is 2.68. The number of aromatic nitrogens is 2. The third-order valence-electron chi connectivity index (χ3n) is 5.30. The number of carbonyl (C=O) groups is 1. The summed E-state index contributed by atoms with van der Waals surface area (Å²) in [6, 6.07) is 8.56. The van der Waals surface area contributed by atoms with Crippen molar-refractivity contribution in [2.24, 2.45) is 0 Å². The zero-order valence-corrected chi connectivity index (χ0v) is 15.3. The smallest absolute Gasteiger partial charge is 0.299 e. The topological polar surface area (TPSA) is 66.6 Å². The Kier molecular flexibility index (Phi) is 5.78. The van der Waals surface area contributed by atoms with Crippen LogP contribution in [0.5, 0.6) is 0 Å². The molecule has 0 unspecified atom stereocenters. The summed E-state index contributed by atoms with van der Waals surface area (Å²) in [4.78, 5) is 21.0. The fourth-order valence-electron chi connectivity index (χ4n) is 3.99. The van der Waals surface area contributed by atoms with Gasteiger partial charge in [-0.25, -0.2) is 9.97 Å². The van der Waals surface area contributed by atoms with Gasteiger partial charge in [-0.1, -0.05) is 37.5 Å². The molecule has 1 aliphatic rings. The van der Waals surface area contributed by atoms with Gasteiger partial charge in [-0.3, -0.25) is 4.79 Å². The Morgan fingerprint density at radius 3 is 2.61 bits per heavy atom. The van der Waals surface area contributed by atoms with Crippen LogP contribution in [0.1, 0.15) is 61.2 Å². The molecule has 146 valence electrons. The van der Waals surface area contributed by atoms with Gasteiger partial charge in [0.25, 0.3) is 0 Å². The zero-order valence-electron chi connectivity index (χ0n) is 15.3. The van der Waals surface area contributed by atoms with Gasteiger partial charge in [0.15, 0.2) is 0 Å². The summed E-state index contributed by atoms with van der Waals surface area (Å²) in [7, 11) is 0. The van der Waals surface area contributed by atoms with Crippen molar-refractivity contribution in [2.75, 3.05) is 0 Å². The molecule has 28 heavy (non-hydrogen) atoms. The number of hydrogen-bond donors (Lipinski definition) is 0. The molecule has 0 bridgehead atoms. The second-order valence-electron chi connectivity index (χ2n) is 7.31. The number of benzene rings is 1. The maximum absolute atomic E-state index is 12.9. The van der Waals surface area contributed by atoms with E-state index in [2.05, 4.69) is 9.97 Å². The Labute approximate surface area is 161 Å². The lowest BCUT2D eigenvalue weighted by Gasteiger charge is -2.36. The fourth-order valence-corrected chi connectivity index (χ4v) is 3.99. The van der Waals surface area contributed by atoms with Crippen molar-refractivity contribution in [3.05, 3.63) is 59.2 Å². The van der Waals surface area contributed by atoms with Gasteiger partial charge in [0.05, 0.1) is 11.3 Å². The summed E-state index contributed by atoms with van der Waals surface area (Å²) in [5, 5.41) is 9.08. The van der Waals surface area contributed by atoms with E-state index in [4.69, 9.17) is 5.26 Å². The highest BCUT2D eigenvalue weighted by Crippen LogP contribution is 2.41. The van der Waals surface area contributed by atoms with Crippen molar-refractivity contribution in [3.63, 3.8) is 0 Å². The molecule has 1 aromatic carbocycles. The van der Waals surface area contributed by atoms with Gasteiger partial charge < -0.3 is 0 Å². The number of Topliss-reactive ketones (excluding diaryl/α,β-unsaturated/α-hetero) is 1. The van der Waals surface area contributed by atoms with E-state index in [0.717, 1.165) is 44.2 Å². The minimum atomic E-state index is -4.43. The molecule has 0 spiro atoms. The predicted molar refractivity (Wildman–Crippen MR) is 96.3 cm³/mol. The highest BCUT2D eigenvalue weighted by atomic mass is 19.4. The summed E-state index contributed by atoms with van der Waals surface area (Å²) in [6.45, 7) is 0. The molecule has 0 atom stereocenters. The Morgan fingerprint density at radius 1 is 1.18 bits per heavy atom. The number of alkyl halides is 3. The molecule has 0 saturated heterocycles. The lowest BCUT2D eigenvalue weighted by Crippen LogP contribution is -2.33. The van der Waals surface area contributed by atoms with E-state index >= 15 is 0 Å². The third kappa shape index (κ3) is 4.56. The second-order valence-corrected chi connectivity index (χ2v) is 7.31. The first-order valence-corrected chi connectivity index (χ1v) is 9.24. The molecule has 0 N–H and O–H groups in total. The fraction of sp³-hybridized carbons (Fsp3) is 0.429.